The van der Waals surface area contributed by atoms with Crippen molar-refractivity contribution in [3.8, 4) is 5.75 Å². The van der Waals surface area contributed by atoms with Crippen molar-refractivity contribution in [1.82, 2.24) is 14.8 Å². The maximum absolute atomic E-state index is 15.3. The molecule has 3 N–H and O–H groups in total. The smallest absolute Gasteiger partial charge is 0.340 e. The SMILES string of the molecule is CC[C@@]1(O)C[C@@H]2CN(CCc3c([nH]c4ccccc34)[C@@](C(=O)OC)(c3cc4c(cc3OC)N(C)[C@@H]3[C@]45CCCN4CC=C[C@@](CC)(C[C@]3(O)C(=O)OC)[C@@H]45)C2)C1. The molecule has 56 heavy (non-hydrogen) atoms. The average Bonchev–Trinajstić information content (AvgIpc) is 3.71. The number of H-pyrrole nitrogens is 1. The van der Waals surface area contributed by atoms with E-state index in [1.165, 1.54) is 14.2 Å². The number of hydrogen-bond donors (Lipinski definition) is 3. The zero-order chi connectivity index (χ0) is 39.4. The predicted molar refractivity (Wildman–Crippen MR) is 214 cm³/mol. The zero-order valence-electron chi connectivity index (χ0n) is 33.8. The van der Waals surface area contributed by atoms with E-state index in [0.717, 1.165) is 78.9 Å². The van der Waals surface area contributed by atoms with Crippen LogP contribution in [-0.2, 0) is 36.3 Å². The molecule has 1 aromatic heterocycles. The van der Waals surface area contributed by atoms with Gasteiger partial charge < -0.3 is 34.3 Å². The van der Waals surface area contributed by atoms with E-state index >= 15 is 4.79 Å². The van der Waals surface area contributed by atoms with E-state index < -0.39 is 39.5 Å². The number of hydrogen-bond acceptors (Lipinski definition) is 10. The third-order valence-corrected chi connectivity index (χ3v) is 15.4. The number of carbonyl (C=O) groups excluding carboxylic acids is 2. The molecule has 1 spiro atoms. The number of methoxy groups -OCH3 is 3. The molecule has 9 rings (SSSR count). The van der Waals surface area contributed by atoms with Crippen LogP contribution >= 0.6 is 0 Å². The van der Waals surface area contributed by atoms with Crippen LogP contribution in [0.4, 0.5) is 5.69 Å². The number of likely N-dealkylation sites (N-methyl/N-ethyl adjacent to an activating group) is 1. The molecular weight excluding hydrogens is 709 g/mol. The molecular formula is C45H58N4O7. The van der Waals surface area contributed by atoms with Gasteiger partial charge in [-0.15, -0.1) is 0 Å². The standard InChI is InChI=1S/C45H58N4O7/c1-7-41-16-11-18-49-19-12-17-43(37(41)49)31-21-32(35(54-4)22-34(31)47(3)38(43)45(53,26-41)40(51)56-6)44(39(50)55-5)24-28-23-42(52,8-2)27-48(25-28)20-15-30-29-13-9-10-14-33(29)46-36(30)44/h9-11,13-14,16,21-22,28,37-38,46,52-53H,7-8,12,15,17-20,23-27H2,1-6H3/t28-,37+,38+,41-,42+,43+,44-,45+/m0/s1. The van der Waals surface area contributed by atoms with Crippen molar-refractivity contribution in [3.05, 3.63) is 70.9 Å². The lowest BCUT2D eigenvalue weighted by Crippen LogP contribution is -2.78. The molecule has 6 aliphatic rings. The Kier molecular flexibility index (Phi) is 8.78. The van der Waals surface area contributed by atoms with Crippen molar-refractivity contribution < 1.29 is 34.0 Å². The predicted octanol–water partition coefficient (Wildman–Crippen LogP) is 4.84. The normalized spacial score (nSPS) is 37.3. The number of nitrogens with zero attached hydrogens (tertiary/aromatic N) is 3. The highest BCUT2D eigenvalue weighted by molar-refractivity contribution is 5.94. The Morgan fingerprint density at radius 3 is 2.48 bits per heavy atom. The Labute approximate surface area is 329 Å². The lowest BCUT2D eigenvalue weighted by atomic mass is 9.46. The Bertz CT molecular complexity index is 2120. The van der Waals surface area contributed by atoms with Crippen LogP contribution in [0.3, 0.4) is 0 Å². The average molecular weight is 767 g/mol. The van der Waals surface area contributed by atoms with Crippen molar-refractivity contribution in [2.45, 2.75) is 99.3 Å². The van der Waals surface area contributed by atoms with Gasteiger partial charge in [-0.2, -0.15) is 0 Å². The van der Waals surface area contributed by atoms with Crippen LogP contribution in [-0.4, -0.2) is 121 Å². The molecule has 2 saturated heterocycles. The highest BCUT2D eigenvalue weighted by atomic mass is 16.5. The number of esters is 2. The fourth-order valence-electron chi connectivity index (χ4n) is 13.4. The molecule has 3 aromatic rings. The van der Waals surface area contributed by atoms with Gasteiger partial charge in [0.1, 0.15) is 11.2 Å². The Balaban J connectivity index is 1.36. The number of para-hydroxylation sites is 1. The second kappa shape index (κ2) is 13.1. The molecule has 3 fully saturated rings. The first-order valence-electron chi connectivity index (χ1n) is 20.7. The zero-order valence-corrected chi connectivity index (χ0v) is 33.8. The summed E-state index contributed by atoms with van der Waals surface area (Å²) in [6.45, 7) is 8.02. The summed E-state index contributed by atoms with van der Waals surface area (Å²) in [6, 6.07) is 11.9. The summed E-state index contributed by atoms with van der Waals surface area (Å²) < 4.78 is 17.8. The quantitative estimate of drug-likeness (QED) is 0.237. The van der Waals surface area contributed by atoms with Crippen molar-refractivity contribution >= 4 is 28.5 Å². The van der Waals surface area contributed by atoms with Gasteiger partial charge in [-0.1, -0.05) is 44.2 Å². The Hall–Kier alpha value is -3.90. The number of piperidine rings is 2. The van der Waals surface area contributed by atoms with Crippen molar-refractivity contribution in [2.24, 2.45) is 11.3 Å². The van der Waals surface area contributed by atoms with Crippen molar-refractivity contribution in [2.75, 3.05) is 66.0 Å². The molecule has 0 amide bonds. The molecule has 2 bridgehead atoms. The van der Waals surface area contributed by atoms with Crippen molar-refractivity contribution in [3.63, 3.8) is 0 Å². The third kappa shape index (κ3) is 4.89. The molecule has 11 heteroatoms. The van der Waals surface area contributed by atoms with E-state index in [0.29, 0.717) is 43.5 Å². The lowest BCUT2D eigenvalue weighted by Gasteiger charge is -2.66. The highest BCUT2D eigenvalue weighted by Crippen LogP contribution is 2.67. The van der Waals surface area contributed by atoms with Gasteiger partial charge in [0.05, 0.1) is 33.0 Å². The number of ether oxygens (including phenoxy) is 3. The number of fused-ring (bicyclic) bond motifs is 6. The van der Waals surface area contributed by atoms with E-state index in [1.54, 1.807) is 7.11 Å². The van der Waals surface area contributed by atoms with Crippen LogP contribution < -0.4 is 9.64 Å². The van der Waals surface area contributed by atoms with Gasteiger partial charge in [-0.05, 0) is 87.1 Å². The summed E-state index contributed by atoms with van der Waals surface area (Å²) in [5, 5.41) is 26.0. The minimum absolute atomic E-state index is 0.0108. The minimum atomic E-state index is -1.81. The van der Waals surface area contributed by atoms with Gasteiger partial charge in [-0.25, -0.2) is 4.79 Å². The maximum atomic E-state index is 15.3. The molecule has 5 aliphatic heterocycles. The number of aromatic nitrogens is 1. The van der Waals surface area contributed by atoms with Crippen LogP contribution in [0, 0.1) is 11.3 Å². The number of nitrogens with one attached hydrogen (secondary N) is 1. The second-order valence-corrected chi connectivity index (χ2v) is 18.0. The topological polar surface area (TPSA) is 128 Å². The van der Waals surface area contributed by atoms with Gasteiger partial charge >= 0.3 is 11.9 Å². The van der Waals surface area contributed by atoms with Crippen molar-refractivity contribution in [1.29, 1.82) is 0 Å². The van der Waals surface area contributed by atoms with Crippen LogP contribution in [0.2, 0.25) is 0 Å². The number of benzene rings is 2. The number of aliphatic hydroxyl groups is 2. The van der Waals surface area contributed by atoms with E-state index in [-0.39, 0.29) is 24.3 Å². The van der Waals surface area contributed by atoms with E-state index in [1.807, 2.05) is 32.2 Å². The number of rotatable bonds is 6. The summed E-state index contributed by atoms with van der Waals surface area (Å²) in [4.78, 5) is 40.2. The summed E-state index contributed by atoms with van der Waals surface area (Å²) >= 11 is 0. The van der Waals surface area contributed by atoms with Gasteiger partial charge in [-0.3, -0.25) is 14.6 Å². The van der Waals surface area contributed by atoms with Crippen LogP contribution in [0.1, 0.15) is 81.2 Å². The summed E-state index contributed by atoms with van der Waals surface area (Å²) in [6.07, 6.45) is 9.35. The monoisotopic (exact) mass is 766 g/mol. The first kappa shape index (κ1) is 37.7. The lowest BCUT2D eigenvalue weighted by molar-refractivity contribution is -0.189. The first-order chi connectivity index (χ1) is 26.9. The van der Waals surface area contributed by atoms with Gasteiger partial charge in [0.25, 0.3) is 0 Å². The highest BCUT2D eigenvalue weighted by Gasteiger charge is 2.74. The van der Waals surface area contributed by atoms with E-state index in [2.05, 4.69) is 57.0 Å². The number of anilines is 1. The molecule has 0 radical (unpaired) electrons. The maximum Gasteiger partial charge on any atom is 0.340 e. The largest absolute Gasteiger partial charge is 0.496 e. The Morgan fingerprint density at radius 1 is 0.964 bits per heavy atom. The first-order valence-corrected chi connectivity index (χ1v) is 20.7. The van der Waals surface area contributed by atoms with Crippen LogP contribution in [0.5, 0.6) is 5.75 Å². The Morgan fingerprint density at radius 2 is 1.75 bits per heavy atom. The van der Waals surface area contributed by atoms with Gasteiger partial charge in [0.15, 0.2) is 5.60 Å². The summed E-state index contributed by atoms with van der Waals surface area (Å²) in [5.41, 5.74) is 0.186. The molecule has 1 saturated carbocycles. The summed E-state index contributed by atoms with van der Waals surface area (Å²) in [7, 11) is 6.47. The fourth-order valence-corrected chi connectivity index (χ4v) is 13.4. The van der Waals surface area contributed by atoms with Crippen LogP contribution in [0.15, 0.2) is 48.6 Å². The molecule has 2 aromatic carbocycles. The number of aromatic amines is 1. The molecule has 300 valence electrons. The molecule has 1 aliphatic carbocycles. The fraction of sp³-hybridized carbons (Fsp3) is 0.600. The second-order valence-electron chi connectivity index (χ2n) is 18.0. The minimum Gasteiger partial charge on any atom is -0.496 e. The van der Waals surface area contributed by atoms with Gasteiger partial charge in [0, 0.05) is 84.0 Å². The van der Waals surface area contributed by atoms with Gasteiger partial charge in [0.2, 0.25) is 0 Å². The molecule has 6 heterocycles. The third-order valence-electron chi connectivity index (χ3n) is 15.4. The van der Waals surface area contributed by atoms with E-state index in [4.69, 9.17) is 14.2 Å². The molecule has 11 nitrogen and oxygen atoms in total. The van der Waals surface area contributed by atoms with Crippen LogP contribution in [0.25, 0.3) is 10.9 Å². The summed E-state index contributed by atoms with van der Waals surface area (Å²) in [5.74, 6) is -0.507. The molecule has 9 atom stereocenters. The molecule has 1 unspecified atom stereocenters. The number of carbonyl (C=O) groups is 2. The van der Waals surface area contributed by atoms with E-state index in [9.17, 15) is 15.0 Å².